The van der Waals surface area contributed by atoms with Gasteiger partial charge in [-0.2, -0.15) is 0 Å². The highest BCUT2D eigenvalue weighted by molar-refractivity contribution is 6.00. The van der Waals surface area contributed by atoms with Gasteiger partial charge in [-0.25, -0.2) is 9.59 Å². The Morgan fingerprint density at radius 3 is 1.54 bits per heavy atom. The van der Waals surface area contributed by atoms with E-state index in [1.807, 2.05) is 34.6 Å². The number of unbranched alkanes of at least 4 members (excludes halogenated alkanes) is 4. The predicted octanol–water partition coefficient (Wildman–Crippen LogP) is 5.84. The maximum absolute atomic E-state index is 12.6. The van der Waals surface area contributed by atoms with Crippen LogP contribution in [0.25, 0.3) is 0 Å². The van der Waals surface area contributed by atoms with E-state index in [0.717, 1.165) is 25.7 Å². The lowest BCUT2D eigenvalue weighted by atomic mass is 9.97. The lowest BCUT2D eigenvalue weighted by molar-refractivity contribution is -0.143. The Morgan fingerprint density at radius 2 is 1.12 bits per heavy atom. The monoisotopic (exact) mass is 368 g/mol. The topological polar surface area (TPSA) is 52.6 Å². The zero-order chi connectivity index (χ0) is 19.9. The third-order valence-corrected chi connectivity index (χ3v) is 3.98. The molecular weight excluding hydrogens is 328 g/mol. The van der Waals surface area contributed by atoms with Crippen molar-refractivity contribution in [3.8, 4) is 0 Å². The molecule has 0 N–H and O–H groups in total. The van der Waals surface area contributed by atoms with E-state index < -0.39 is 0 Å². The zero-order valence-corrected chi connectivity index (χ0v) is 17.9. The van der Waals surface area contributed by atoms with E-state index in [2.05, 4.69) is 6.92 Å². The minimum atomic E-state index is -0.356. The summed E-state index contributed by atoms with van der Waals surface area (Å²) in [7, 11) is 0. The van der Waals surface area contributed by atoms with Gasteiger partial charge in [0.05, 0.1) is 13.2 Å². The van der Waals surface area contributed by atoms with E-state index in [9.17, 15) is 9.59 Å². The Hall–Kier alpha value is -1.32. The fourth-order valence-electron chi connectivity index (χ4n) is 2.57. The number of esters is 2. The van der Waals surface area contributed by atoms with Gasteiger partial charge in [-0.3, -0.25) is 0 Å². The molecule has 152 valence electrons. The first-order valence-electron chi connectivity index (χ1n) is 10.4. The van der Waals surface area contributed by atoms with Crippen LogP contribution in [0.5, 0.6) is 0 Å². The van der Waals surface area contributed by atoms with E-state index in [1.54, 1.807) is 0 Å². The maximum Gasteiger partial charge on any atom is 0.334 e. The lowest BCUT2D eigenvalue weighted by Crippen LogP contribution is -2.19. The van der Waals surface area contributed by atoms with Crippen LogP contribution in [0, 0.1) is 11.8 Å². The van der Waals surface area contributed by atoms with Crippen molar-refractivity contribution in [1.82, 2.24) is 0 Å². The van der Waals surface area contributed by atoms with Crippen molar-refractivity contribution in [2.45, 2.75) is 92.9 Å². The first-order valence-corrected chi connectivity index (χ1v) is 10.4. The lowest BCUT2D eigenvalue weighted by Gasteiger charge is -2.16. The molecular formula is C22H40O4. The van der Waals surface area contributed by atoms with E-state index in [0.29, 0.717) is 37.2 Å². The largest absolute Gasteiger partial charge is 0.462 e. The summed E-state index contributed by atoms with van der Waals surface area (Å²) >= 11 is 0. The fourth-order valence-corrected chi connectivity index (χ4v) is 2.57. The Balaban J connectivity index is 5.27. The van der Waals surface area contributed by atoms with Crippen molar-refractivity contribution < 1.29 is 19.1 Å². The zero-order valence-electron chi connectivity index (χ0n) is 17.9. The van der Waals surface area contributed by atoms with Crippen molar-refractivity contribution >= 4 is 11.9 Å². The van der Waals surface area contributed by atoms with Gasteiger partial charge in [0.15, 0.2) is 0 Å². The van der Waals surface area contributed by atoms with Gasteiger partial charge in [-0.05, 0) is 31.1 Å². The second-order valence-corrected chi connectivity index (χ2v) is 7.86. The van der Waals surface area contributed by atoms with Gasteiger partial charge in [0.1, 0.15) is 0 Å². The highest BCUT2D eigenvalue weighted by Gasteiger charge is 2.23. The van der Waals surface area contributed by atoms with Crippen LogP contribution in [0.4, 0.5) is 0 Å². The summed E-state index contributed by atoms with van der Waals surface area (Å²) < 4.78 is 10.9. The third-order valence-electron chi connectivity index (χ3n) is 3.98. The molecule has 0 heterocycles. The van der Waals surface area contributed by atoms with Crippen LogP contribution in [0.3, 0.4) is 0 Å². The summed E-state index contributed by atoms with van der Waals surface area (Å²) in [5, 5.41) is 0. The van der Waals surface area contributed by atoms with Gasteiger partial charge in [0.25, 0.3) is 0 Å². The van der Waals surface area contributed by atoms with Gasteiger partial charge in [-0.1, -0.05) is 73.6 Å². The minimum Gasteiger partial charge on any atom is -0.462 e. The Kier molecular flexibility index (Phi) is 14.1. The number of carbonyl (C=O) groups excluding carboxylic acids is 2. The van der Waals surface area contributed by atoms with Crippen LogP contribution in [-0.4, -0.2) is 25.2 Å². The molecule has 26 heavy (non-hydrogen) atoms. The molecule has 0 rings (SSSR count). The number of carbonyl (C=O) groups is 2. The van der Waals surface area contributed by atoms with Crippen molar-refractivity contribution in [3.05, 3.63) is 11.1 Å². The first-order chi connectivity index (χ1) is 12.3. The van der Waals surface area contributed by atoms with Crippen molar-refractivity contribution in [1.29, 1.82) is 0 Å². The molecule has 4 heteroatoms. The van der Waals surface area contributed by atoms with Gasteiger partial charge in [0, 0.05) is 11.1 Å². The number of hydrogen-bond donors (Lipinski definition) is 0. The van der Waals surface area contributed by atoms with E-state index in [1.165, 1.54) is 12.8 Å². The number of ether oxygens (including phenoxy) is 2. The second-order valence-electron chi connectivity index (χ2n) is 7.86. The first kappa shape index (κ1) is 24.7. The Morgan fingerprint density at radius 1 is 0.654 bits per heavy atom. The van der Waals surface area contributed by atoms with Crippen molar-refractivity contribution in [3.63, 3.8) is 0 Å². The molecule has 0 aliphatic heterocycles. The van der Waals surface area contributed by atoms with Crippen LogP contribution in [0.15, 0.2) is 11.1 Å². The molecule has 0 aromatic carbocycles. The molecule has 0 saturated carbocycles. The molecule has 4 nitrogen and oxygen atoms in total. The number of rotatable bonds is 14. The summed E-state index contributed by atoms with van der Waals surface area (Å²) in [5.41, 5.74) is 1.04. The normalized spacial score (nSPS) is 12.3. The number of hydrogen-bond acceptors (Lipinski definition) is 4. The van der Waals surface area contributed by atoms with E-state index in [4.69, 9.17) is 9.47 Å². The molecule has 0 saturated heterocycles. The van der Waals surface area contributed by atoms with E-state index >= 15 is 0 Å². The molecule has 0 unspecified atom stereocenters. The Bertz CT molecular complexity index is 435. The SMILES string of the molecule is CCCCCCCC(C(=O)OCC(C)C)=C(CCC)C(=O)OCC(C)C. The fraction of sp³-hybridized carbons (Fsp3) is 0.818. The van der Waals surface area contributed by atoms with E-state index in [-0.39, 0.29) is 23.8 Å². The maximum atomic E-state index is 12.6. The quantitative estimate of drug-likeness (QED) is 0.219. The summed E-state index contributed by atoms with van der Waals surface area (Å²) in [4.78, 5) is 25.2. The highest BCUT2D eigenvalue weighted by atomic mass is 16.5. The summed E-state index contributed by atoms with van der Waals surface area (Å²) in [6, 6.07) is 0. The molecule has 0 bridgehead atoms. The molecule has 0 aromatic rings. The van der Waals surface area contributed by atoms with Crippen LogP contribution in [0.1, 0.15) is 92.9 Å². The van der Waals surface area contributed by atoms with Crippen molar-refractivity contribution in [2.75, 3.05) is 13.2 Å². The molecule has 0 aliphatic carbocycles. The van der Waals surface area contributed by atoms with Gasteiger partial charge in [0.2, 0.25) is 0 Å². The Labute approximate surface area is 160 Å². The molecule has 0 aliphatic rings. The van der Waals surface area contributed by atoms with Crippen LogP contribution >= 0.6 is 0 Å². The van der Waals surface area contributed by atoms with Gasteiger partial charge in [-0.15, -0.1) is 0 Å². The molecule has 0 spiro atoms. The summed E-state index contributed by atoms with van der Waals surface area (Å²) in [6.07, 6.45) is 7.45. The van der Waals surface area contributed by atoms with Gasteiger partial charge >= 0.3 is 11.9 Å². The molecule has 0 aromatic heterocycles. The van der Waals surface area contributed by atoms with Crippen molar-refractivity contribution in [2.24, 2.45) is 11.8 Å². The predicted molar refractivity (Wildman–Crippen MR) is 107 cm³/mol. The third kappa shape index (κ3) is 11.3. The average Bonchev–Trinajstić information content (AvgIpc) is 2.59. The van der Waals surface area contributed by atoms with Gasteiger partial charge < -0.3 is 9.47 Å². The highest BCUT2D eigenvalue weighted by Crippen LogP contribution is 2.22. The average molecular weight is 369 g/mol. The standard InChI is InChI=1S/C22H40O4/c1-7-9-10-11-12-14-20(22(24)26-16-18(5)6)19(13-8-2)21(23)25-15-17(3)4/h17-18H,7-16H2,1-6H3. The van der Waals surface area contributed by atoms with Crippen LogP contribution in [-0.2, 0) is 19.1 Å². The molecule has 0 amide bonds. The molecule has 0 atom stereocenters. The van der Waals surface area contributed by atoms with Crippen LogP contribution in [0.2, 0.25) is 0 Å². The molecule has 0 radical (unpaired) electrons. The second kappa shape index (κ2) is 14.8. The van der Waals surface area contributed by atoms with Crippen LogP contribution < -0.4 is 0 Å². The minimum absolute atomic E-state index is 0.271. The summed E-state index contributed by atoms with van der Waals surface area (Å²) in [6.45, 7) is 12.9. The smallest absolute Gasteiger partial charge is 0.334 e. The molecule has 0 fully saturated rings. The summed E-state index contributed by atoms with van der Waals surface area (Å²) in [5.74, 6) is -0.163.